The molecule has 0 aromatic carbocycles. The van der Waals surface area contributed by atoms with Crippen molar-refractivity contribution in [2.75, 3.05) is 25.9 Å². The van der Waals surface area contributed by atoms with Crippen molar-refractivity contribution in [3.05, 3.63) is 11.1 Å². The summed E-state index contributed by atoms with van der Waals surface area (Å²) in [5.41, 5.74) is 5.92. The van der Waals surface area contributed by atoms with Crippen LogP contribution in [0.4, 0.5) is 5.13 Å². The smallest absolute Gasteiger partial charge is 0.273 e. The molecule has 6 heteroatoms. The first-order chi connectivity index (χ1) is 7.20. The quantitative estimate of drug-likeness (QED) is 0.802. The number of carbonyl (C=O) groups is 1. The summed E-state index contributed by atoms with van der Waals surface area (Å²) in [7, 11) is 1.67. The van der Waals surface area contributed by atoms with Crippen LogP contribution in [-0.4, -0.2) is 42.1 Å². The number of nitrogens with two attached hydrogens (primary N) is 1. The van der Waals surface area contributed by atoms with Crippen LogP contribution >= 0.6 is 11.3 Å². The van der Waals surface area contributed by atoms with Crippen LogP contribution in [0.2, 0.25) is 0 Å². The van der Waals surface area contributed by atoms with Gasteiger partial charge in [0.1, 0.15) is 5.69 Å². The second-order valence-electron chi connectivity index (χ2n) is 3.47. The van der Waals surface area contributed by atoms with E-state index in [-0.39, 0.29) is 12.0 Å². The Balaban J connectivity index is 2.03. The monoisotopic (exact) mass is 227 g/mol. The van der Waals surface area contributed by atoms with E-state index >= 15 is 0 Å². The molecule has 0 radical (unpaired) electrons. The van der Waals surface area contributed by atoms with Crippen LogP contribution in [0.15, 0.2) is 5.38 Å². The minimum absolute atomic E-state index is 0.0532. The van der Waals surface area contributed by atoms with Crippen molar-refractivity contribution in [2.24, 2.45) is 0 Å². The van der Waals surface area contributed by atoms with Gasteiger partial charge in [0.25, 0.3) is 5.91 Å². The maximum absolute atomic E-state index is 11.9. The van der Waals surface area contributed by atoms with E-state index in [1.807, 2.05) is 0 Å². The second-order valence-corrected chi connectivity index (χ2v) is 4.36. The fraction of sp³-hybridized carbons (Fsp3) is 0.556. The lowest BCUT2D eigenvalue weighted by atomic mass is 10.3. The lowest BCUT2D eigenvalue weighted by Gasteiger charge is -2.14. The Morgan fingerprint density at radius 1 is 1.80 bits per heavy atom. The number of aromatic nitrogens is 1. The number of ether oxygens (including phenoxy) is 1. The first-order valence-corrected chi connectivity index (χ1v) is 5.61. The fourth-order valence-electron chi connectivity index (χ4n) is 1.65. The van der Waals surface area contributed by atoms with Gasteiger partial charge in [0.2, 0.25) is 0 Å². The van der Waals surface area contributed by atoms with Gasteiger partial charge in [-0.15, -0.1) is 11.3 Å². The van der Waals surface area contributed by atoms with Gasteiger partial charge in [-0.1, -0.05) is 0 Å². The van der Waals surface area contributed by atoms with Crippen molar-refractivity contribution in [3.63, 3.8) is 0 Å². The molecule has 2 heterocycles. The molecule has 5 nitrogen and oxygen atoms in total. The van der Waals surface area contributed by atoms with Gasteiger partial charge in [-0.05, 0) is 6.42 Å². The molecular formula is C9H13N3O2S. The highest BCUT2D eigenvalue weighted by Gasteiger charge is 2.27. The average molecular weight is 227 g/mol. The number of likely N-dealkylation sites (tertiary alicyclic amines) is 1. The number of carbonyl (C=O) groups excluding carboxylic acids is 1. The molecule has 1 unspecified atom stereocenters. The Morgan fingerprint density at radius 2 is 2.60 bits per heavy atom. The SMILES string of the molecule is COC1CCN(C(=O)c2csc(N)n2)C1. The van der Waals surface area contributed by atoms with E-state index < -0.39 is 0 Å². The van der Waals surface area contributed by atoms with Crippen molar-refractivity contribution in [1.29, 1.82) is 0 Å². The molecular weight excluding hydrogens is 214 g/mol. The standard InChI is InChI=1S/C9H13N3O2S/c1-14-6-2-3-12(4-6)8(13)7-5-15-9(10)11-7/h5-6H,2-4H2,1H3,(H2,10,11). The zero-order chi connectivity index (χ0) is 10.8. The second kappa shape index (κ2) is 4.16. The van der Waals surface area contributed by atoms with Crippen molar-refractivity contribution < 1.29 is 9.53 Å². The first-order valence-electron chi connectivity index (χ1n) is 4.74. The van der Waals surface area contributed by atoms with Crippen LogP contribution in [0.1, 0.15) is 16.9 Å². The van der Waals surface area contributed by atoms with Gasteiger partial charge in [0.05, 0.1) is 6.10 Å². The Kier molecular flexibility index (Phi) is 2.88. The Bertz CT molecular complexity index is 366. The molecule has 82 valence electrons. The topological polar surface area (TPSA) is 68.5 Å². The van der Waals surface area contributed by atoms with E-state index in [1.54, 1.807) is 17.4 Å². The summed E-state index contributed by atoms with van der Waals surface area (Å²) in [4.78, 5) is 17.6. The summed E-state index contributed by atoms with van der Waals surface area (Å²) in [6, 6.07) is 0. The molecule has 1 atom stereocenters. The Morgan fingerprint density at radius 3 is 3.13 bits per heavy atom. The van der Waals surface area contributed by atoms with Gasteiger partial charge in [0.15, 0.2) is 5.13 Å². The summed E-state index contributed by atoms with van der Waals surface area (Å²) >= 11 is 1.29. The summed E-state index contributed by atoms with van der Waals surface area (Å²) in [6.07, 6.45) is 1.05. The first kappa shape index (κ1) is 10.4. The number of thiazole rings is 1. The third-order valence-electron chi connectivity index (χ3n) is 2.51. The van der Waals surface area contributed by atoms with Gasteiger partial charge in [0, 0.05) is 25.6 Å². The van der Waals surface area contributed by atoms with Crippen LogP contribution in [0.5, 0.6) is 0 Å². The molecule has 1 saturated heterocycles. The number of nitrogen functional groups attached to an aromatic ring is 1. The predicted molar refractivity (Wildman–Crippen MR) is 57.8 cm³/mol. The zero-order valence-electron chi connectivity index (χ0n) is 8.47. The zero-order valence-corrected chi connectivity index (χ0v) is 9.29. The van der Waals surface area contributed by atoms with E-state index in [4.69, 9.17) is 10.5 Å². The third kappa shape index (κ3) is 2.10. The van der Waals surface area contributed by atoms with Gasteiger partial charge in [-0.3, -0.25) is 4.79 Å². The Labute approximate surface area is 91.9 Å². The van der Waals surface area contributed by atoms with E-state index in [2.05, 4.69) is 4.98 Å². The third-order valence-corrected chi connectivity index (χ3v) is 3.18. The maximum Gasteiger partial charge on any atom is 0.273 e. The molecule has 1 aromatic rings. The number of hydrogen-bond acceptors (Lipinski definition) is 5. The summed E-state index contributed by atoms with van der Waals surface area (Å²) in [5.74, 6) is -0.0532. The molecule has 1 fully saturated rings. The average Bonchev–Trinajstić information content (AvgIpc) is 2.84. The molecule has 0 saturated carbocycles. The number of methoxy groups -OCH3 is 1. The highest BCUT2D eigenvalue weighted by atomic mass is 32.1. The molecule has 1 amide bonds. The van der Waals surface area contributed by atoms with Crippen LogP contribution < -0.4 is 5.73 Å². The number of hydrogen-bond donors (Lipinski definition) is 1. The highest BCUT2D eigenvalue weighted by Crippen LogP contribution is 2.17. The van der Waals surface area contributed by atoms with Crippen LogP contribution in [-0.2, 0) is 4.74 Å². The van der Waals surface area contributed by atoms with Crippen molar-refractivity contribution in [1.82, 2.24) is 9.88 Å². The number of nitrogens with zero attached hydrogens (tertiary/aromatic N) is 2. The molecule has 0 bridgehead atoms. The van der Waals surface area contributed by atoms with Crippen molar-refractivity contribution >= 4 is 22.4 Å². The van der Waals surface area contributed by atoms with E-state index in [9.17, 15) is 4.79 Å². The Hall–Kier alpha value is -1.14. The molecule has 15 heavy (non-hydrogen) atoms. The molecule has 0 spiro atoms. The number of amides is 1. The van der Waals surface area contributed by atoms with Gasteiger partial charge < -0.3 is 15.4 Å². The van der Waals surface area contributed by atoms with Crippen LogP contribution in [0, 0.1) is 0 Å². The minimum atomic E-state index is -0.0532. The normalized spacial score (nSPS) is 20.9. The molecule has 2 rings (SSSR count). The van der Waals surface area contributed by atoms with Gasteiger partial charge in [-0.25, -0.2) is 4.98 Å². The molecule has 1 aliphatic heterocycles. The number of anilines is 1. The van der Waals surface area contributed by atoms with Gasteiger partial charge in [-0.2, -0.15) is 0 Å². The predicted octanol–water partition coefficient (Wildman–Crippen LogP) is 0.586. The molecule has 1 aromatic heterocycles. The van der Waals surface area contributed by atoms with E-state index in [1.165, 1.54) is 11.3 Å². The summed E-state index contributed by atoms with van der Waals surface area (Å²) in [5, 5.41) is 2.12. The molecule has 1 aliphatic rings. The minimum Gasteiger partial charge on any atom is -0.380 e. The summed E-state index contributed by atoms with van der Waals surface area (Å²) < 4.78 is 5.20. The molecule has 2 N–H and O–H groups in total. The highest BCUT2D eigenvalue weighted by molar-refractivity contribution is 7.13. The van der Waals surface area contributed by atoms with Gasteiger partial charge >= 0.3 is 0 Å². The maximum atomic E-state index is 11.9. The lowest BCUT2D eigenvalue weighted by Crippen LogP contribution is -2.30. The van der Waals surface area contributed by atoms with Crippen molar-refractivity contribution in [2.45, 2.75) is 12.5 Å². The fourth-order valence-corrected chi connectivity index (χ4v) is 2.19. The lowest BCUT2D eigenvalue weighted by molar-refractivity contribution is 0.0720. The van der Waals surface area contributed by atoms with Crippen molar-refractivity contribution in [3.8, 4) is 0 Å². The molecule has 0 aliphatic carbocycles. The van der Waals surface area contributed by atoms with Crippen LogP contribution in [0.25, 0.3) is 0 Å². The van der Waals surface area contributed by atoms with Crippen LogP contribution in [0.3, 0.4) is 0 Å². The van der Waals surface area contributed by atoms with E-state index in [0.29, 0.717) is 17.4 Å². The van der Waals surface area contributed by atoms with E-state index in [0.717, 1.165) is 13.0 Å². The largest absolute Gasteiger partial charge is 0.380 e. The summed E-state index contributed by atoms with van der Waals surface area (Å²) in [6.45, 7) is 1.38. The number of rotatable bonds is 2.